The molecule has 0 bridgehead atoms. The number of nitriles is 1. The van der Waals surface area contributed by atoms with Gasteiger partial charge in [-0.25, -0.2) is 9.78 Å². The molecule has 0 unspecified atom stereocenters. The number of H-pyrrole nitrogens is 1. The average molecular weight is 194 g/mol. The van der Waals surface area contributed by atoms with Gasteiger partial charge in [-0.1, -0.05) is 6.92 Å². The Morgan fingerprint density at radius 1 is 1.86 bits per heavy atom. The van der Waals surface area contributed by atoms with E-state index in [1.807, 2.05) is 13.0 Å². The molecular weight excluding hydrogens is 184 g/mol. The molecule has 0 saturated heterocycles. The Balaban J connectivity index is 2.52. The number of ether oxygens (including phenoxy) is 1. The van der Waals surface area contributed by atoms with E-state index in [9.17, 15) is 4.79 Å². The minimum absolute atomic E-state index is 0.189. The van der Waals surface area contributed by atoms with Crippen molar-refractivity contribution < 1.29 is 9.53 Å². The first-order valence-electron chi connectivity index (χ1n) is 4.15. The van der Waals surface area contributed by atoms with Crippen molar-refractivity contribution in [3.63, 3.8) is 0 Å². The van der Waals surface area contributed by atoms with Crippen LogP contribution in [0.3, 0.4) is 0 Å². The number of amides is 1. The van der Waals surface area contributed by atoms with Crippen LogP contribution in [0.5, 0.6) is 0 Å². The molecule has 1 aromatic rings. The molecule has 2 N–H and O–H groups in total. The fraction of sp³-hybridized carbons (Fsp3) is 0.375. The monoisotopic (exact) mass is 194 g/mol. The minimum Gasteiger partial charge on any atom is -0.449 e. The van der Waals surface area contributed by atoms with Crippen LogP contribution in [0.2, 0.25) is 0 Å². The van der Waals surface area contributed by atoms with Crippen LogP contribution in [0.25, 0.3) is 0 Å². The molecule has 0 fully saturated rings. The third kappa shape index (κ3) is 2.48. The minimum atomic E-state index is -0.601. The van der Waals surface area contributed by atoms with Gasteiger partial charge in [-0.05, 0) is 6.42 Å². The fourth-order valence-electron chi connectivity index (χ4n) is 0.802. The summed E-state index contributed by atoms with van der Waals surface area (Å²) in [6, 6.07) is 1.85. The highest BCUT2D eigenvalue weighted by atomic mass is 16.5. The summed E-state index contributed by atoms with van der Waals surface area (Å²) in [5.41, 5.74) is 0.207. The van der Waals surface area contributed by atoms with Crippen molar-refractivity contribution in [2.75, 3.05) is 11.9 Å². The zero-order chi connectivity index (χ0) is 10.4. The van der Waals surface area contributed by atoms with Crippen LogP contribution in [0.1, 0.15) is 19.0 Å². The van der Waals surface area contributed by atoms with E-state index in [-0.39, 0.29) is 11.5 Å². The Labute approximate surface area is 80.9 Å². The standard InChI is InChI=1S/C8H10N4O2/c1-2-3-14-8(13)12-7-6(4-9)10-5-11-7/h5H,2-3H2,1H3,(H,10,11)(H,12,13). The van der Waals surface area contributed by atoms with Crippen molar-refractivity contribution in [3.05, 3.63) is 12.0 Å². The predicted octanol–water partition coefficient (Wildman–Crippen LogP) is 1.24. The maximum atomic E-state index is 11.0. The molecule has 0 aliphatic heterocycles. The smallest absolute Gasteiger partial charge is 0.412 e. The van der Waals surface area contributed by atoms with Gasteiger partial charge < -0.3 is 9.72 Å². The van der Waals surface area contributed by atoms with Gasteiger partial charge in [0.2, 0.25) is 0 Å². The van der Waals surface area contributed by atoms with Gasteiger partial charge in [-0.3, -0.25) is 5.32 Å². The van der Waals surface area contributed by atoms with Crippen LogP contribution >= 0.6 is 0 Å². The van der Waals surface area contributed by atoms with Gasteiger partial charge in [0.1, 0.15) is 6.07 Å². The molecule has 0 aliphatic rings. The summed E-state index contributed by atoms with van der Waals surface area (Å²) < 4.78 is 4.75. The van der Waals surface area contributed by atoms with Gasteiger partial charge in [0, 0.05) is 0 Å². The lowest BCUT2D eigenvalue weighted by molar-refractivity contribution is 0.161. The molecule has 0 radical (unpaired) electrons. The van der Waals surface area contributed by atoms with Crippen molar-refractivity contribution >= 4 is 11.9 Å². The summed E-state index contributed by atoms with van der Waals surface area (Å²) in [6.07, 6.45) is 1.48. The number of imidazole rings is 1. The molecular formula is C8H10N4O2. The molecule has 1 aromatic heterocycles. The third-order valence-corrected chi connectivity index (χ3v) is 1.41. The Hall–Kier alpha value is -2.03. The Bertz CT molecular complexity index is 352. The maximum Gasteiger partial charge on any atom is 0.412 e. The number of nitrogens with zero attached hydrogens (tertiary/aromatic N) is 2. The quantitative estimate of drug-likeness (QED) is 0.757. The normalized spacial score (nSPS) is 9.14. The van der Waals surface area contributed by atoms with Crippen LogP contribution in [-0.2, 0) is 4.74 Å². The van der Waals surface area contributed by atoms with Gasteiger partial charge in [0.25, 0.3) is 0 Å². The molecule has 6 heteroatoms. The highest BCUT2D eigenvalue weighted by Gasteiger charge is 2.08. The van der Waals surface area contributed by atoms with Gasteiger partial charge >= 0.3 is 6.09 Å². The summed E-state index contributed by atoms with van der Waals surface area (Å²) in [4.78, 5) is 17.4. The Morgan fingerprint density at radius 2 is 2.64 bits per heavy atom. The lowest BCUT2D eigenvalue weighted by Gasteiger charge is -2.02. The third-order valence-electron chi connectivity index (χ3n) is 1.41. The highest BCUT2D eigenvalue weighted by Crippen LogP contribution is 2.07. The van der Waals surface area contributed by atoms with Gasteiger partial charge in [-0.2, -0.15) is 5.26 Å². The van der Waals surface area contributed by atoms with Crippen LogP contribution in [-0.4, -0.2) is 22.7 Å². The first-order valence-corrected chi connectivity index (χ1v) is 4.15. The molecule has 0 saturated carbocycles. The summed E-state index contributed by atoms with van der Waals surface area (Å²) in [5, 5.41) is 10.9. The molecule has 1 rings (SSSR count). The molecule has 14 heavy (non-hydrogen) atoms. The van der Waals surface area contributed by atoms with E-state index in [4.69, 9.17) is 10.00 Å². The number of aromatic nitrogens is 2. The van der Waals surface area contributed by atoms with E-state index in [0.29, 0.717) is 6.61 Å². The lowest BCUT2D eigenvalue weighted by atomic mass is 10.5. The van der Waals surface area contributed by atoms with E-state index < -0.39 is 6.09 Å². The van der Waals surface area contributed by atoms with Crippen LogP contribution < -0.4 is 5.32 Å². The second kappa shape index (κ2) is 4.87. The van der Waals surface area contributed by atoms with Crippen molar-refractivity contribution in [1.29, 1.82) is 5.26 Å². The van der Waals surface area contributed by atoms with E-state index in [2.05, 4.69) is 15.3 Å². The van der Waals surface area contributed by atoms with Gasteiger partial charge in [0.15, 0.2) is 11.5 Å². The van der Waals surface area contributed by atoms with E-state index >= 15 is 0 Å². The van der Waals surface area contributed by atoms with Crippen molar-refractivity contribution in [1.82, 2.24) is 9.97 Å². The summed E-state index contributed by atoms with van der Waals surface area (Å²) in [6.45, 7) is 2.24. The number of carbonyl (C=O) groups is 1. The molecule has 6 nitrogen and oxygen atoms in total. The molecule has 0 aliphatic carbocycles. The number of carbonyl (C=O) groups excluding carboxylic acids is 1. The van der Waals surface area contributed by atoms with Crippen LogP contribution in [0, 0.1) is 11.3 Å². The zero-order valence-corrected chi connectivity index (χ0v) is 7.70. The summed E-state index contributed by atoms with van der Waals surface area (Å²) >= 11 is 0. The largest absolute Gasteiger partial charge is 0.449 e. The van der Waals surface area contributed by atoms with Crippen molar-refractivity contribution in [2.24, 2.45) is 0 Å². The molecule has 74 valence electrons. The van der Waals surface area contributed by atoms with Crippen LogP contribution in [0.15, 0.2) is 6.33 Å². The molecule has 0 atom stereocenters. The summed E-state index contributed by atoms with van der Waals surface area (Å²) in [5.74, 6) is 0.189. The topological polar surface area (TPSA) is 90.8 Å². The maximum absolute atomic E-state index is 11.0. The van der Waals surface area contributed by atoms with Crippen LogP contribution in [0.4, 0.5) is 10.6 Å². The number of anilines is 1. The van der Waals surface area contributed by atoms with E-state index in [1.165, 1.54) is 6.33 Å². The SMILES string of the molecule is CCCOC(=O)Nc1nc[nH]c1C#N. The number of rotatable bonds is 3. The highest BCUT2D eigenvalue weighted by molar-refractivity contribution is 5.84. The Kier molecular flexibility index (Phi) is 3.49. The molecule has 1 heterocycles. The number of hydrogen-bond acceptors (Lipinski definition) is 4. The first-order chi connectivity index (χ1) is 6.77. The van der Waals surface area contributed by atoms with Crippen molar-refractivity contribution in [3.8, 4) is 6.07 Å². The number of aromatic amines is 1. The molecule has 0 spiro atoms. The molecule has 1 amide bonds. The predicted molar refractivity (Wildman–Crippen MR) is 48.6 cm³/mol. The van der Waals surface area contributed by atoms with Gasteiger partial charge in [-0.15, -0.1) is 0 Å². The summed E-state index contributed by atoms with van der Waals surface area (Å²) in [7, 11) is 0. The van der Waals surface area contributed by atoms with E-state index in [1.54, 1.807) is 0 Å². The fourth-order valence-corrected chi connectivity index (χ4v) is 0.802. The van der Waals surface area contributed by atoms with Crippen molar-refractivity contribution in [2.45, 2.75) is 13.3 Å². The first kappa shape index (κ1) is 10.1. The second-order valence-corrected chi connectivity index (χ2v) is 2.50. The zero-order valence-electron chi connectivity index (χ0n) is 7.70. The molecule has 0 aromatic carbocycles. The Morgan fingerprint density at radius 3 is 3.29 bits per heavy atom. The van der Waals surface area contributed by atoms with Gasteiger partial charge in [0.05, 0.1) is 12.9 Å². The number of hydrogen-bond donors (Lipinski definition) is 2. The lowest BCUT2D eigenvalue weighted by Crippen LogP contribution is -2.15. The second-order valence-electron chi connectivity index (χ2n) is 2.50. The average Bonchev–Trinajstić information content (AvgIpc) is 2.62. The number of nitrogens with one attached hydrogen (secondary N) is 2. The van der Waals surface area contributed by atoms with E-state index in [0.717, 1.165) is 6.42 Å².